The van der Waals surface area contributed by atoms with Crippen LogP contribution in [0.5, 0.6) is 0 Å². The van der Waals surface area contributed by atoms with Crippen LogP contribution in [0.1, 0.15) is 5.56 Å². The Morgan fingerprint density at radius 1 is 1.29 bits per heavy atom. The van der Waals surface area contributed by atoms with Gasteiger partial charge in [-0.3, -0.25) is 0 Å². The van der Waals surface area contributed by atoms with Crippen molar-refractivity contribution in [3.8, 4) is 0 Å². The summed E-state index contributed by atoms with van der Waals surface area (Å²) in [5, 5.41) is 0. The van der Waals surface area contributed by atoms with Crippen LogP contribution >= 0.6 is 15.9 Å². The van der Waals surface area contributed by atoms with E-state index in [4.69, 9.17) is 11.5 Å². The Balaban J connectivity index is 2.52. The number of halogens is 1. The van der Waals surface area contributed by atoms with Crippen molar-refractivity contribution < 1.29 is 0 Å². The normalized spacial score (nSPS) is 10.4. The first-order chi connectivity index (χ1) is 6.68. The van der Waals surface area contributed by atoms with E-state index in [0.29, 0.717) is 6.54 Å². The standard InChI is InChI=1S/C10H12BrN3/c11-9-5-3-8(4-6-9)2-1-7-14-10(12)13/h1-6H,7H2,(H4,12,13,14). The van der Waals surface area contributed by atoms with E-state index in [1.54, 1.807) is 0 Å². The minimum atomic E-state index is 0.116. The van der Waals surface area contributed by atoms with Crippen molar-refractivity contribution >= 4 is 28.0 Å². The maximum Gasteiger partial charge on any atom is 0.186 e. The highest BCUT2D eigenvalue weighted by molar-refractivity contribution is 9.10. The fourth-order valence-corrected chi connectivity index (χ4v) is 1.19. The maximum absolute atomic E-state index is 5.18. The Morgan fingerprint density at radius 2 is 1.93 bits per heavy atom. The molecular weight excluding hydrogens is 242 g/mol. The third-order valence-electron chi connectivity index (χ3n) is 1.56. The summed E-state index contributed by atoms with van der Waals surface area (Å²) in [5.41, 5.74) is 11.5. The van der Waals surface area contributed by atoms with Gasteiger partial charge in [-0.25, -0.2) is 4.99 Å². The van der Waals surface area contributed by atoms with Gasteiger partial charge in [0.25, 0.3) is 0 Å². The quantitative estimate of drug-likeness (QED) is 0.637. The highest BCUT2D eigenvalue weighted by Gasteiger charge is 1.86. The van der Waals surface area contributed by atoms with Gasteiger partial charge in [0.2, 0.25) is 0 Å². The molecule has 1 aromatic carbocycles. The fourth-order valence-electron chi connectivity index (χ4n) is 0.921. The number of nitrogens with two attached hydrogens (primary N) is 2. The van der Waals surface area contributed by atoms with Crippen molar-refractivity contribution in [3.05, 3.63) is 40.4 Å². The third kappa shape index (κ3) is 4.09. The molecule has 0 atom stereocenters. The van der Waals surface area contributed by atoms with Crippen molar-refractivity contribution in [3.63, 3.8) is 0 Å². The molecule has 0 fully saturated rings. The molecule has 0 aliphatic rings. The van der Waals surface area contributed by atoms with Gasteiger partial charge in [0, 0.05) is 4.47 Å². The molecule has 4 heteroatoms. The Bertz CT molecular complexity index is 337. The predicted octanol–water partition coefficient (Wildman–Crippen LogP) is 1.74. The number of nitrogens with zero attached hydrogens (tertiary/aromatic N) is 1. The lowest BCUT2D eigenvalue weighted by Gasteiger charge is -1.93. The molecule has 0 spiro atoms. The van der Waals surface area contributed by atoms with Crippen LogP contribution < -0.4 is 11.5 Å². The van der Waals surface area contributed by atoms with Crippen LogP contribution in [0, 0.1) is 0 Å². The topological polar surface area (TPSA) is 64.4 Å². The molecule has 0 saturated carbocycles. The Hall–Kier alpha value is -1.29. The van der Waals surface area contributed by atoms with Crippen molar-refractivity contribution in [1.82, 2.24) is 0 Å². The van der Waals surface area contributed by atoms with Crippen LogP contribution in [0.2, 0.25) is 0 Å². The second-order valence-corrected chi connectivity index (χ2v) is 3.64. The lowest BCUT2D eigenvalue weighted by atomic mass is 10.2. The second kappa shape index (κ2) is 5.44. The lowest BCUT2D eigenvalue weighted by Crippen LogP contribution is -2.22. The number of hydrogen-bond donors (Lipinski definition) is 2. The minimum Gasteiger partial charge on any atom is -0.370 e. The zero-order valence-electron chi connectivity index (χ0n) is 7.65. The summed E-state index contributed by atoms with van der Waals surface area (Å²) >= 11 is 3.37. The van der Waals surface area contributed by atoms with Crippen LogP contribution in [0.25, 0.3) is 6.08 Å². The van der Waals surface area contributed by atoms with Gasteiger partial charge in [-0.05, 0) is 17.7 Å². The van der Waals surface area contributed by atoms with Crippen molar-refractivity contribution in [2.24, 2.45) is 16.5 Å². The molecule has 0 amide bonds. The summed E-state index contributed by atoms with van der Waals surface area (Å²) in [5.74, 6) is 0.116. The molecule has 3 nitrogen and oxygen atoms in total. The number of aliphatic imine (C=N–C) groups is 1. The largest absolute Gasteiger partial charge is 0.370 e. The molecule has 0 aromatic heterocycles. The van der Waals surface area contributed by atoms with Crippen LogP contribution in [-0.2, 0) is 0 Å². The van der Waals surface area contributed by atoms with Crippen molar-refractivity contribution in [2.75, 3.05) is 6.54 Å². The molecule has 0 aliphatic carbocycles. The van der Waals surface area contributed by atoms with Gasteiger partial charge >= 0.3 is 0 Å². The van der Waals surface area contributed by atoms with E-state index >= 15 is 0 Å². The van der Waals surface area contributed by atoms with E-state index in [0.717, 1.165) is 10.0 Å². The van der Waals surface area contributed by atoms with Crippen LogP contribution in [0.15, 0.2) is 39.8 Å². The summed E-state index contributed by atoms with van der Waals surface area (Å²) in [4.78, 5) is 3.83. The first-order valence-electron chi connectivity index (χ1n) is 4.16. The molecule has 0 radical (unpaired) electrons. The highest BCUT2D eigenvalue weighted by Crippen LogP contribution is 2.11. The molecule has 14 heavy (non-hydrogen) atoms. The number of rotatable bonds is 3. The van der Waals surface area contributed by atoms with E-state index in [1.165, 1.54) is 0 Å². The Labute approximate surface area is 91.6 Å². The van der Waals surface area contributed by atoms with E-state index in [9.17, 15) is 0 Å². The minimum absolute atomic E-state index is 0.116. The van der Waals surface area contributed by atoms with E-state index in [1.807, 2.05) is 36.4 Å². The van der Waals surface area contributed by atoms with E-state index in [-0.39, 0.29) is 5.96 Å². The summed E-state index contributed by atoms with van der Waals surface area (Å²) in [7, 11) is 0. The Kier molecular flexibility index (Phi) is 4.19. The van der Waals surface area contributed by atoms with Crippen molar-refractivity contribution in [1.29, 1.82) is 0 Å². The average molecular weight is 254 g/mol. The average Bonchev–Trinajstić information content (AvgIpc) is 2.15. The zero-order chi connectivity index (χ0) is 10.4. The smallest absolute Gasteiger partial charge is 0.186 e. The molecule has 1 aromatic rings. The predicted molar refractivity (Wildman–Crippen MR) is 63.9 cm³/mol. The number of benzene rings is 1. The lowest BCUT2D eigenvalue weighted by molar-refractivity contribution is 1.22. The summed E-state index contributed by atoms with van der Waals surface area (Å²) < 4.78 is 1.07. The summed E-state index contributed by atoms with van der Waals surface area (Å²) in [6.07, 6.45) is 3.88. The monoisotopic (exact) mass is 253 g/mol. The molecule has 0 aliphatic heterocycles. The van der Waals surface area contributed by atoms with Gasteiger partial charge in [0.15, 0.2) is 5.96 Å². The molecule has 0 unspecified atom stereocenters. The molecule has 1 rings (SSSR count). The molecule has 0 bridgehead atoms. The number of guanidine groups is 1. The zero-order valence-corrected chi connectivity index (χ0v) is 9.24. The second-order valence-electron chi connectivity index (χ2n) is 2.72. The van der Waals surface area contributed by atoms with Gasteiger partial charge in [-0.2, -0.15) is 0 Å². The SMILES string of the molecule is NC(N)=NCC=Cc1ccc(Br)cc1. The summed E-state index contributed by atoms with van der Waals surface area (Å²) in [6, 6.07) is 7.99. The third-order valence-corrected chi connectivity index (χ3v) is 2.09. The van der Waals surface area contributed by atoms with Gasteiger partial charge in [0.05, 0.1) is 6.54 Å². The van der Waals surface area contributed by atoms with Crippen LogP contribution in [0.4, 0.5) is 0 Å². The first-order valence-corrected chi connectivity index (χ1v) is 4.95. The fraction of sp³-hybridized carbons (Fsp3) is 0.100. The van der Waals surface area contributed by atoms with Crippen LogP contribution in [0.3, 0.4) is 0 Å². The molecule has 4 N–H and O–H groups in total. The van der Waals surface area contributed by atoms with Gasteiger partial charge in [0.1, 0.15) is 0 Å². The van der Waals surface area contributed by atoms with E-state index in [2.05, 4.69) is 20.9 Å². The Morgan fingerprint density at radius 3 is 2.50 bits per heavy atom. The molecule has 74 valence electrons. The van der Waals surface area contributed by atoms with Gasteiger partial charge in [-0.1, -0.05) is 40.2 Å². The molecular formula is C10H12BrN3. The van der Waals surface area contributed by atoms with E-state index < -0.39 is 0 Å². The van der Waals surface area contributed by atoms with Crippen molar-refractivity contribution in [2.45, 2.75) is 0 Å². The molecule has 0 heterocycles. The van der Waals surface area contributed by atoms with Crippen LogP contribution in [-0.4, -0.2) is 12.5 Å². The summed E-state index contributed by atoms with van der Waals surface area (Å²) in [6.45, 7) is 0.512. The maximum atomic E-state index is 5.18. The first kappa shape index (κ1) is 10.8. The number of hydrogen-bond acceptors (Lipinski definition) is 1. The van der Waals surface area contributed by atoms with Gasteiger partial charge in [-0.15, -0.1) is 0 Å². The molecule has 0 saturated heterocycles. The highest BCUT2D eigenvalue weighted by atomic mass is 79.9. The van der Waals surface area contributed by atoms with Gasteiger partial charge < -0.3 is 11.5 Å².